The average molecular weight is 687 g/mol. The van der Waals surface area contributed by atoms with Crippen LogP contribution < -0.4 is 0 Å². The Bertz CT molecular complexity index is 3230. The Kier molecular flexibility index (Phi) is 5.06. The Morgan fingerprint density at radius 2 is 1.02 bits per heavy atom. The van der Waals surface area contributed by atoms with Gasteiger partial charge in [-0.05, 0) is 101 Å². The van der Waals surface area contributed by atoms with Gasteiger partial charge in [-0.15, -0.1) is 0 Å². The fourth-order valence-electron chi connectivity index (χ4n) is 12.3. The van der Waals surface area contributed by atoms with E-state index in [0.717, 1.165) is 84.4 Å². The number of fused-ring (bicyclic) bond motifs is 16. The largest absolute Gasteiger partial charge is 0.305 e. The van der Waals surface area contributed by atoms with E-state index in [4.69, 9.17) is 4.98 Å². The first kappa shape index (κ1) is 30.6. The second-order valence-electron chi connectivity index (χ2n) is 19.0. The van der Waals surface area contributed by atoms with Crippen LogP contribution in [-0.2, 0) is 21.7 Å². The molecule has 0 spiro atoms. The first-order chi connectivity index (χ1) is 24.4. The second-order valence-corrected chi connectivity index (χ2v) is 19.0. The van der Waals surface area contributed by atoms with Gasteiger partial charge in [0.25, 0.3) is 0 Å². The molecule has 5 aromatic heterocycles. The van der Waals surface area contributed by atoms with Gasteiger partial charge in [0.05, 0.1) is 56.6 Å². The van der Waals surface area contributed by atoms with Crippen molar-refractivity contribution in [2.24, 2.45) is 0 Å². The molecule has 0 unspecified atom stereocenters. The first-order valence-electron chi connectivity index (χ1n) is 18.5. The third-order valence-electron chi connectivity index (χ3n) is 13.2. The number of rotatable bonds is 0. The molecule has 0 fully saturated rings. The van der Waals surface area contributed by atoms with Gasteiger partial charge in [0, 0.05) is 48.5 Å². The summed E-state index contributed by atoms with van der Waals surface area (Å²) >= 11 is 0. The molecule has 0 N–H and O–H groups in total. The van der Waals surface area contributed by atoms with Crippen molar-refractivity contribution in [3.8, 4) is 6.07 Å². The van der Waals surface area contributed by atoms with Gasteiger partial charge in [0.1, 0.15) is 0 Å². The van der Waals surface area contributed by atoms with E-state index < -0.39 is 11.6 Å². The van der Waals surface area contributed by atoms with Gasteiger partial charge >= 0.3 is 0 Å². The molecule has 4 aromatic carbocycles. The fourth-order valence-corrected chi connectivity index (χ4v) is 12.3. The summed E-state index contributed by atoms with van der Waals surface area (Å²) in [4.78, 5) is 5.08. The van der Waals surface area contributed by atoms with Crippen molar-refractivity contribution in [3.05, 3.63) is 87.2 Å². The van der Waals surface area contributed by atoms with E-state index in [1.807, 2.05) is 47.0 Å². The predicted molar refractivity (Wildman–Crippen MR) is 209 cm³/mol. The lowest BCUT2D eigenvalue weighted by Gasteiger charge is -2.23. The maximum Gasteiger partial charge on any atom is 0.158 e. The zero-order valence-corrected chi connectivity index (χ0v) is 31.4. The second kappa shape index (κ2) is 8.60. The molecular formula is C46H40F2N4. The Balaban J connectivity index is 1.41. The monoisotopic (exact) mass is 686 g/mol. The van der Waals surface area contributed by atoms with E-state index in [1.165, 1.54) is 5.56 Å². The molecule has 2 aliphatic carbocycles. The average Bonchev–Trinajstić information content (AvgIpc) is 3.82. The van der Waals surface area contributed by atoms with E-state index in [9.17, 15) is 5.26 Å². The van der Waals surface area contributed by atoms with E-state index in [-0.39, 0.29) is 38.1 Å². The highest BCUT2D eigenvalue weighted by Crippen LogP contribution is 2.57. The van der Waals surface area contributed by atoms with Crippen molar-refractivity contribution in [2.75, 3.05) is 0 Å². The van der Waals surface area contributed by atoms with Crippen LogP contribution >= 0.6 is 0 Å². The lowest BCUT2D eigenvalue weighted by molar-refractivity contribution is 0.400. The van der Waals surface area contributed by atoms with Crippen molar-refractivity contribution in [3.63, 3.8) is 0 Å². The highest BCUT2D eigenvalue weighted by molar-refractivity contribution is 6.30. The number of aryl methyl sites for hydroxylation is 2. The molecule has 2 aliphatic rings. The molecule has 9 aromatic rings. The minimum Gasteiger partial charge on any atom is -0.305 e. The summed E-state index contributed by atoms with van der Waals surface area (Å²) < 4.78 is 40.0. The lowest BCUT2D eigenvalue weighted by Crippen LogP contribution is -2.18. The Morgan fingerprint density at radius 1 is 0.577 bits per heavy atom. The molecule has 52 heavy (non-hydrogen) atoms. The van der Waals surface area contributed by atoms with Gasteiger partial charge in [-0.1, -0.05) is 55.4 Å². The Morgan fingerprint density at radius 3 is 1.56 bits per heavy atom. The summed E-state index contributed by atoms with van der Waals surface area (Å²) in [5.41, 5.74) is 10.2. The number of hydrogen-bond donors (Lipinski definition) is 0. The number of aromatic nitrogens is 3. The minimum absolute atomic E-state index is 0.0996. The number of nitriles is 1. The van der Waals surface area contributed by atoms with Crippen LogP contribution in [0.2, 0.25) is 0 Å². The van der Waals surface area contributed by atoms with Crippen LogP contribution in [0.25, 0.3) is 76.2 Å². The summed E-state index contributed by atoms with van der Waals surface area (Å²) in [7, 11) is 0. The van der Waals surface area contributed by atoms with Gasteiger partial charge in [0.2, 0.25) is 0 Å². The Hall–Kier alpha value is -5.02. The maximum absolute atomic E-state index is 18.1. The minimum atomic E-state index is -0.433. The number of pyridine rings is 1. The zero-order valence-electron chi connectivity index (χ0n) is 31.4. The molecule has 0 amide bonds. The van der Waals surface area contributed by atoms with Gasteiger partial charge in [0.15, 0.2) is 11.6 Å². The van der Waals surface area contributed by atoms with E-state index >= 15 is 8.78 Å². The van der Waals surface area contributed by atoms with E-state index in [0.29, 0.717) is 21.7 Å². The third kappa shape index (κ3) is 3.16. The predicted octanol–water partition coefficient (Wildman–Crippen LogP) is 12.1. The molecule has 0 saturated carbocycles. The number of nitrogens with zero attached hydrogens (tertiary/aromatic N) is 4. The van der Waals surface area contributed by atoms with Crippen molar-refractivity contribution < 1.29 is 8.78 Å². The summed E-state index contributed by atoms with van der Waals surface area (Å²) in [6, 6.07) is 12.8. The molecular weight excluding hydrogens is 647 g/mol. The quantitative estimate of drug-likeness (QED) is 0.159. The van der Waals surface area contributed by atoms with Gasteiger partial charge < -0.3 is 8.80 Å². The van der Waals surface area contributed by atoms with E-state index in [1.54, 1.807) is 0 Å². The summed E-state index contributed by atoms with van der Waals surface area (Å²) in [6.07, 6.45) is 3.75. The molecule has 4 nitrogen and oxygen atoms in total. The Labute approximate surface area is 300 Å². The highest BCUT2D eigenvalue weighted by Gasteiger charge is 2.47. The van der Waals surface area contributed by atoms with Crippen LogP contribution in [0.4, 0.5) is 8.78 Å². The van der Waals surface area contributed by atoms with Gasteiger partial charge in [-0.2, -0.15) is 5.26 Å². The number of benzene rings is 4. The first-order valence-corrected chi connectivity index (χ1v) is 18.5. The molecule has 6 heteroatoms. The fraction of sp³-hybridized carbons (Fsp3) is 0.348. The van der Waals surface area contributed by atoms with Crippen LogP contribution in [0.3, 0.4) is 0 Å². The van der Waals surface area contributed by atoms with Crippen LogP contribution in [0.15, 0.2) is 36.5 Å². The zero-order chi connectivity index (χ0) is 36.5. The van der Waals surface area contributed by atoms with Crippen LogP contribution in [0.5, 0.6) is 0 Å². The van der Waals surface area contributed by atoms with Crippen LogP contribution in [-0.4, -0.2) is 13.8 Å². The highest BCUT2D eigenvalue weighted by atomic mass is 19.1. The SMILES string of the molecule is Cc1cc2c3c4c(ncc3n3c5c(F)c6c7cc(C)cc8c9c%10c(c(C#N)cc9n(c6c(F)c5c(c1)c23)c87)C(C)(C)CC%10(C)C)C(C)(C)CC4(C)C. The topological polar surface area (TPSA) is 45.5 Å². The standard InChI is InChI=1S/C46H40F2N4/c1-20-11-23-29-27(15-22(16-49)33-34(29)44(5,6)18-43(33,3)4)51-38(23)25(13-20)31-37(48)41-32(36(47)40(31)51)26-14-21(2)12-24-30-28(52(41)39(24)26)17-50-42-35(30)45(7,8)19-46(42,9)10/h11-15,17H,18-19H2,1-10H3. The maximum atomic E-state index is 18.1. The summed E-state index contributed by atoms with van der Waals surface area (Å²) in [5.74, 6) is -0.858. The van der Waals surface area contributed by atoms with Gasteiger partial charge in [-0.3, -0.25) is 4.98 Å². The molecule has 0 saturated heterocycles. The normalized spacial score (nSPS) is 18.8. The van der Waals surface area contributed by atoms with Crippen LogP contribution in [0.1, 0.15) is 107 Å². The van der Waals surface area contributed by atoms with Crippen molar-refractivity contribution >= 4 is 76.2 Å². The molecule has 0 bridgehead atoms. The van der Waals surface area contributed by atoms with Gasteiger partial charge in [-0.25, -0.2) is 8.78 Å². The number of hydrogen-bond acceptors (Lipinski definition) is 2. The summed E-state index contributed by atoms with van der Waals surface area (Å²) in [6.45, 7) is 22.1. The molecule has 0 radical (unpaired) electrons. The van der Waals surface area contributed by atoms with Crippen molar-refractivity contribution in [1.29, 1.82) is 5.26 Å². The molecule has 0 atom stereocenters. The molecule has 5 heterocycles. The smallest absolute Gasteiger partial charge is 0.158 e. The molecule has 0 aliphatic heterocycles. The van der Waals surface area contributed by atoms with Crippen molar-refractivity contribution in [2.45, 2.75) is 104 Å². The van der Waals surface area contributed by atoms with Crippen molar-refractivity contribution in [1.82, 2.24) is 13.8 Å². The molecule has 258 valence electrons. The third-order valence-corrected chi connectivity index (χ3v) is 13.2. The van der Waals surface area contributed by atoms with Crippen LogP contribution in [0, 0.1) is 36.8 Å². The number of halogens is 2. The van der Waals surface area contributed by atoms with E-state index in [2.05, 4.69) is 73.6 Å². The molecule has 11 rings (SSSR count). The lowest BCUT2D eigenvalue weighted by atomic mass is 9.81. The summed E-state index contributed by atoms with van der Waals surface area (Å²) in [5, 5.41) is 16.7.